The average Bonchev–Trinajstić information content (AvgIpc) is 3.18. The molecule has 4 saturated carbocycles. The van der Waals surface area contributed by atoms with Crippen LogP contribution in [0.3, 0.4) is 0 Å². The van der Waals surface area contributed by atoms with Gasteiger partial charge >= 0.3 is 11.9 Å². The van der Waals surface area contributed by atoms with Crippen LogP contribution >= 0.6 is 0 Å². The van der Waals surface area contributed by atoms with Crippen LogP contribution in [0.2, 0.25) is 0 Å². The number of carboxylic acid groups (broad SMARTS) is 2. The lowest BCUT2D eigenvalue weighted by Crippen LogP contribution is -2.55. The van der Waals surface area contributed by atoms with Crippen molar-refractivity contribution in [1.29, 1.82) is 0 Å². The molecule has 0 amide bonds. The number of hydrogen-bond acceptors (Lipinski definition) is 10. The maximum absolute atomic E-state index is 12.0. The maximum Gasteiger partial charge on any atom is 0.338 e. The third-order valence-corrected chi connectivity index (χ3v) is 10.6. The Morgan fingerprint density at radius 2 is 0.692 bits per heavy atom. The third-order valence-electron chi connectivity index (χ3n) is 10.6. The van der Waals surface area contributed by atoms with Gasteiger partial charge in [0.15, 0.2) is 12.2 Å². The summed E-state index contributed by atoms with van der Waals surface area (Å²) < 4.78 is 9.32. The predicted octanol–water partition coefficient (Wildman–Crippen LogP) is 5.42. The van der Waals surface area contributed by atoms with Crippen LogP contribution in [0, 0.1) is 0 Å². The van der Waals surface area contributed by atoms with Crippen LogP contribution in [0.5, 0.6) is 0 Å². The van der Waals surface area contributed by atoms with E-state index in [0.717, 1.165) is 24.2 Å². The topological polar surface area (TPSA) is 157 Å². The highest BCUT2D eigenvalue weighted by molar-refractivity contribution is 5.94. The Bertz CT molecular complexity index is 1200. The summed E-state index contributed by atoms with van der Waals surface area (Å²) in [6.45, 7) is 0. The largest absolute Gasteiger partial charge is 0.546 e. The number of nitrogens with one attached hydrogen (secondary N) is 2. The average molecular weight is 719 g/mol. The Morgan fingerprint density at radius 1 is 0.442 bits per heavy atom. The number of ether oxygens (including phenoxy) is 2. The van der Waals surface area contributed by atoms with Gasteiger partial charge in [0, 0.05) is 24.2 Å². The van der Waals surface area contributed by atoms with E-state index in [2.05, 4.69) is 20.1 Å². The summed E-state index contributed by atoms with van der Waals surface area (Å²) in [7, 11) is 0. The van der Waals surface area contributed by atoms with Gasteiger partial charge in [0.2, 0.25) is 0 Å². The van der Waals surface area contributed by atoms with E-state index in [1.54, 1.807) is 12.1 Å². The second-order valence-corrected chi connectivity index (χ2v) is 14.7. The first-order valence-corrected chi connectivity index (χ1v) is 19.8. The number of carbonyl (C=O) groups excluding carboxylic acids is 4. The smallest absolute Gasteiger partial charge is 0.338 e. The number of carboxylic acids is 2. The fourth-order valence-electron chi connectivity index (χ4n) is 7.73. The first kappa shape index (κ1) is 41.0. The molecule has 0 bridgehead atoms. The summed E-state index contributed by atoms with van der Waals surface area (Å²) in [5.74, 6) is -6.35. The van der Waals surface area contributed by atoms with Crippen molar-refractivity contribution in [1.82, 2.24) is 10.6 Å². The minimum absolute atomic E-state index is 0.0229. The normalized spacial score (nSPS) is 20.1. The highest BCUT2D eigenvalue weighted by Gasteiger charge is 2.32. The Morgan fingerprint density at radius 3 is 0.923 bits per heavy atom. The maximum atomic E-state index is 12.0. The van der Waals surface area contributed by atoms with Crippen LogP contribution in [0.4, 0.5) is 0 Å². The van der Waals surface area contributed by atoms with Crippen molar-refractivity contribution >= 4 is 23.9 Å². The van der Waals surface area contributed by atoms with Crippen LogP contribution in [-0.4, -0.2) is 60.3 Å². The predicted molar refractivity (Wildman–Crippen MR) is 195 cm³/mol. The molecule has 6 rings (SSSR count). The van der Waals surface area contributed by atoms with Crippen LogP contribution < -0.4 is 20.8 Å². The van der Waals surface area contributed by atoms with Gasteiger partial charge in [-0.25, -0.2) is 9.59 Å². The second-order valence-electron chi connectivity index (χ2n) is 14.7. The highest BCUT2D eigenvalue weighted by Crippen LogP contribution is 2.24. The fourth-order valence-corrected chi connectivity index (χ4v) is 7.73. The molecule has 0 spiro atoms. The molecule has 2 N–H and O–H groups in total. The van der Waals surface area contributed by atoms with Crippen LogP contribution in [-0.2, 0) is 19.1 Å². The quantitative estimate of drug-likeness (QED) is 0.288. The lowest BCUT2D eigenvalue weighted by Gasteiger charge is -2.30. The van der Waals surface area contributed by atoms with Gasteiger partial charge in [-0.05, 0) is 75.6 Å². The second kappa shape index (κ2) is 23.0. The fraction of sp³-hybridized carbons (Fsp3) is 0.619. The zero-order chi connectivity index (χ0) is 37.0. The van der Waals surface area contributed by atoms with E-state index in [-0.39, 0.29) is 11.1 Å². The lowest BCUT2D eigenvalue weighted by atomic mass is 9.91. The number of carbonyl (C=O) groups is 4. The van der Waals surface area contributed by atoms with Crippen molar-refractivity contribution in [2.75, 3.05) is 0 Å². The molecule has 0 saturated heterocycles. The van der Waals surface area contributed by atoms with E-state index in [0.29, 0.717) is 0 Å². The van der Waals surface area contributed by atoms with Crippen LogP contribution in [0.25, 0.3) is 0 Å². The highest BCUT2D eigenvalue weighted by atomic mass is 16.6. The number of aliphatic carboxylic acids is 2. The minimum atomic E-state index is -2.39. The summed E-state index contributed by atoms with van der Waals surface area (Å²) in [5, 5.41) is 30.2. The Hall–Kier alpha value is -3.76. The molecule has 10 heteroatoms. The summed E-state index contributed by atoms with van der Waals surface area (Å²) in [6.07, 6.45) is 24.4. The van der Waals surface area contributed by atoms with E-state index in [1.807, 2.05) is 0 Å². The monoisotopic (exact) mass is 718 g/mol. The van der Waals surface area contributed by atoms with Gasteiger partial charge < -0.3 is 39.9 Å². The zero-order valence-electron chi connectivity index (χ0n) is 30.6. The van der Waals surface area contributed by atoms with Gasteiger partial charge in [-0.3, -0.25) is 0 Å². The molecule has 0 radical (unpaired) electrons. The molecule has 0 heterocycles. The van der Waals surface area contributed by atoms with Crippen molar-refractivity contribution < 1.29 is 38.9 Å². The third kappa shape index (κ3) is 14.7. The molecule has 2 aromatic carbocycles. The SMILES string of the molecule is C1CCC(NC2CCCCC2)CC1.C1CCC(NC2CCCCC2)CC1.O=C(O[C@@H](C(=O)[O-])[C@@H](OC(=O)c1ccccc1)C(=O)[O-])c1ccccc1. The number of benzene rings is 2. The van der Waals surface area contributed by atoms with Crippen LogP contribution in [0.1, 0.15) is 149 Å². The van der Waals surface area contributed by atoms with Crippen molar-refractivity contribution in [2.45, 2.75) is 165 Å². The van der Waals surface area contributed by atoms with Gasteiger partial charge in [-0.1, -0.05) is 113 Å². The zero-order valence-corrected chi connectivity index (χ0v) is 30.6. The van der Waals surface area contributed by atoms with Crippen LogP contribution in [0.15, 0.2) is 60.7 Å². The molecule has 10 nitrogen and oxygen atoms in total. The van der Waals surface area contributed by atoms with Gasteiger partial charge in [-0.15, -0.1) is 0 Å². The molecule has 4 fully saturated rings. The minimum Gasteiger partial charge on any atom is -0.546 e. The molecule has 0 unspecified atom stereocenters. The van der Waals surface area contributed by atoms with Crippen molar-refractivity contribution in [2.24, 2.45) is 0 Å². The molecule has 52 heavy (non-hydrogen) atoms. The van der Waals surface area contributed by atoms with Crippen molar-refractivity contribution in [3.63, 3.8) is 0 Å². The standard InChI is InChI=1S/C18H14O8.2C12H23N/c19-15(20)13(25-17(23)11-7-3-1-4-8-11)14(16(21)22)26-18(24)12-9-5-2-6-10-12;2*1-3-7-11(8-4-1)13-12-9-5-2-6-10-12/h1-10,13-14H,(H,19,20)(H,21,22);2*11-13H,1-10H2/p-2/t13-,14-;;/m1../s1. The molecule has 2 aromatic rings. The van der Waals surface area contributed by atoms with E-state index in [9.17, 15) is 29.4 Å². The van der Waals surface area contributed by atoms with E-state index >= 15 is 0 Å². The van der Waals surface area contributed by atoms with E-state index in [4.69, 9.17) is 0 Å². The number of rotatable bonds is 11. The first-order valence-electron chi connectivity index (χ1n) is 19.8. The van der Waals surface area contributed by atoms with Gasteiger partial charge in [0.1, 0.15) is 0 Å². The lowest BCUT2D eigenvalue weighted by molar-refractivity contribution is -0.332. The molecule has 0 aromatic heterocycles. The molecular formula is C42H58N2O8-2. The van der Waals surface area contributed by atoms with Crippen molar-refractivity contribution in [3.05, 3.63) is 71.8 Å². The van der Waals surface area contributed by atoms with Gasteiger partial charge in [0.25, 0.3) is 0 Å². The summed E-state index contributed by atoms with van der Waals surface area (Å²) >= 11 is 0. The molecule has 4 aliphatic rings. The molecule has 2 atom stereocenters. The summed E-state index contributed by atoms with van der Waals surface area (Å²) in [5.41, 5.74) is -0.0459. The first-order chi connectivity index (χ1) is 25.3. The van der Waals surface area contributed by atoms with E-state index < -0.39 is 36.1 Å². The molecular weight excluding hydrogens is 660 g/mol. The number of esters is 2. The van der Waals surface area contributed by atoms with Crippen molar-refractivity contribution in [3.8, 4) is 0 Å². The number of hydrogen-bond donors (Lipinski definition) is 2. The summed E-state index contributed by atoms with van der Waals surface area (Å²) in [4.78, 5) is 46.5. The Balaban J connectivity index is 0.000000193. The molecule has 286 valence electrons. The Labute approximate surface area is 309 Å². The molecule has 0 aliphatic heterocycles. The van der Waals surface area contributed by atoms with E-state index in [1.165, 1.54) is 177 Å². The van der Waals surface area contributed by atoms with Gasteiger partial charge in [-0.2, -0.15) is 0 Å². The summed E-state index contributed by atoms with van der Waals surface area (Å²) in [6, 6.07) is 18.0. The van der Waals surface area contributed by atoms with Gasteiger partial charge in [0.05, 0.1) is 23.1 Å². The molecule has 4 aliphatic carbocycles. The Kier molecular flexibility index (Phi) is 18.2.